The van der Waals surface area contributed by atoms with Crippen molar-refractivity contribution < 1.29 is 4.39 Å². The van der Waals surface area contributed by atoms with Crippen molar-refractivity contribution in [2.24, 2.45) is 5.73 Å². The van der Waals surface area contributed by atoms with Crippen LogP contribution in [0.25, 0.3) is 0 Å². The number of benzene rings is 2. The number of hydrogen-bond donors (Lipinski definition) is 2. The maximum absolute atomic E-state index is 13.4. The fraction of sp³-hybridized carbons (Fsp3) is 0.294. The standard InChI is InChI=1S/C17H18ClFN2/c18-15-7-6-14(19)9-16(15)21-17(10-20)13-3-1-2-12(8-13)11-4-5-11/h1-3,6-9,11,17,21H,4-5,10,20H2. The van der Waals surface area contributed by atoms with Gasteiger partial charge >= 0.3 is 0 Å². The largest absolute Gasteiger partial charge is 0.376 e. The first-order chi connectivity index (χ1) is 10.2. The molecule has 1 unspecified atom stereocenters. The van der Waals surface area contributed by atoms with E-state index in [0.717, 1.165) is 5.56 Å². The quantitative estimate of drug-likeness (QED) is 0.855. The summed E-state index contributed by atoms with van der Waals surface area (Å²) in [6, 6.07) is 12.7. The van der Waals surface area contributed by atoms with Gasteiger partial charge in [0.05, 0.1) is 16.8 Å². The second-order valence-electron chi connectivity index (χ2n) is 5.50. The van der Waals surface area contributed by atoms with Crippen LogP contribution in [0.15, 0.2) is 42.5 Å². The van der Waals surface area contributed by atoms with Crippen LogP contribution in [0.3, 0.4) is 0 Å². The minimum atomic E-state index is -0.315. The average Bonchev–Trinajstić information content (AvgIpc) is 3.33. The molecule has 1 aliphatic rings. The number of nitrogens with two attached hydrogens (primary N) is 1. The summed E-state index contributed by atoms with van der Waals surface area (Å²) < 4.78 is 13.4. The van der Waals surface area contributed by atoms with Crippen molar-refractivity contribution in [1.29, 1.82) is 0 Å². The van der Waals surface area contributed by atoms with Crippen LogP contribution in [0.4, 0.5) is 10.1 Å². The van der Waals surface area contributed by atoms with E-state index in [-0.39, 0.29) is 11.9 Å². The van der Waals surface area contributed by atoms with Crippen LogP contribution in [0.2, 0.25) is 5.02 Å². The predicted octanol–water partition coefficient (Wildman–Crippen LogP) is 4.47. The molecule has 1 saturated carbocycles. The van der Waals surface area contributed by atoms with E-state index in [1.807, 2.05) is 6.07 Å². The van der Waals surface area contributed by atoms with Crippen molar-refractivity contribution in [2.75, 3.05) is 11.9 Å². The maximum Gasteiger partial charge on any atom is 0.125 e. The summed E-state index contributed by atoms with van der Waals surface area (Å²) >= 11 is 6.11. The summed E-state index contributed by atoms with van der Waals surface area (Å²) in [5.41, 5.74) is 8.93. The van der Waals surface area contributed by atoms with Gasteiger partial charge in [-0.1, -0.05) is 35.9 Å². The first-order valence-corrected chi connectivity index (χ1v) is 7.56. The smallest absolute Gasteiger partial charge is 0.125 e. The van der Waals surface area contributed by atoms with Crippen molar-refractivity contribution in [3.05, 3.63) is 64.4 Å². The molecule has 2 aromatic rings. The van der Waals surface area contributed by atoms with Crippen LogP contribution < -0.4 is 11.1 Å². The van der Waals surface area contributed by atoms with Crippen LogP contribution in [-0.2, 0) is 0 Å². The van der Waals surface area contributed by atoms with Gasteiger partial charge in [0.15, 0.2) is 0 Å². The second-order valence-corrected chi connectivity index (χ2v) is 5.91. The van der Waals surface area contributed by atoms with Gasteiger partial charge in [0.25, 0.3) is 0 Å². The molecule has 110 valence electrons. The van der Waals surface area contributed by atoms with Gasteiger partial charge in [0.1, 0.15) is 5.82 Å². The van der Waals surface area contributed by atoms with E-state index in [1.54, 1.807) is 6.07 Å². The first kappa shape index (κ1) is 14.4. The Morgan fingerprint density at radius 1 is 1.24 bits per heavy atom. The number of anilines is 1. The molecular weight excluding hydrogens is 287 g/mol. The molecule has 0 aromatic heterocycles. The van der Waals surface area contributed by atoms with Gasteiger partial charge in [0.2, 0.25) is 0 Å². The number of halogens is 2. The summed E-state index contributed by atoms with van der Waals surface area (Å²) in [4.78, 5) is 0. The lowest BCUT2D eigenvalue weighted by Gasteiger charge is -2.20. The lowest BCUT2D eigenvalue weighted by molar-refractivity contribution is 0.627. The van der Waals surface area contributed by atoms with Crippen molar-refractivity contribution >= 4 is 17.3 Å². The van der Waals surface area contributed by atoms with Gasteiger partial charge in [-0.05, 0) is 48.1 Å². The minimum absolute atomic E-state index is 0.0806. The fourth-order valence-electron chi connectivity index (χ4n) is 2.52. The fourth-order valence-corrected chi connectivity index (χ4v) is 2.69. The van der Waals surface area contributed by atoms with Crippen molar-refractivity contribution in [2.45, 2.75) is 24.8 Å². The molecule has 1 atom stereocenters. The number of nitrogens with one attached hydrogen (secondary N) is 1. The third-order valence-corrected chi connectivity index (χ3v) is 4.19. The summed E-state index contributed by atoms with van der Waals surface area (Å²) in [6.07, 6.45) is 2.53. The Hall–Kier alpha value is -1.58. The van der Waals surface area contributed by atoms with Gasteiger partial charge in [-0.2, -0.15) is 0 Å². The molecule has 0 amide bonds. The van der Waals surface area contributed by atoms with E-state index in [2.05, 4.69) is 23.5 Å². The Bertz CT molecular complexity index is 640. The van der Waals surface area contributed by atoms with Crippen LogP contribution in [0.5, 0.6) is 0 Å². The summed E-state index contributed by atoms with van der Waals surface area (Å²) in [6.45, 7) is 0.418. The topological polar surface area (TPSA) is 38.0 Å². The van der Waals surface area contributed by atoms with Crippen LogP contribution in [0.1, 0.15) is 35.9 Å². The Kier molecular flexibility index (Phi) is 4.13. The van der Waals surface area contributed by atoms with Gasteiger partial charge < -0.3 is 11.1 Å². The predicted molar refractivity (Wildman–Crippen MR) is 85.2 cm³/mol. The Morgan fingerprint density at radius 3 is 2.76 bits per heavy atom. The molecule has 1 aliphatic carbocycles. The molecule has 3 rings (SSSR count). The highest BCUT2D eigenvalue weighted by Gasteiger charge is 2.24. The second kappa shape index (κ2) is 6.04. The zero-order valence-corrected chi connectivity index (χ0v) is 12.4. The van der Waals surface area contributed by atoms with Gasteiger partial charge in [-0.3, -0.25) is 0 Å². The van der Waals surface area contributed by atoms with Crippen molar-refractivity contribution in [3.8, 4) is 0 Å². The molecule has 4 heteroatoms. The lowest BCUT2D eigenvalue weighted by Crippen LogP contribution is -2.21. The zero-order valence-electron chi connectivity index (χ0n) is 11.7. The molecule has 0 aliphatic heterocycles. The minimum Gasteiger partial charge on any atom is -0.376 e. The molecule has 0 heterocycles. The monoisotopic (exact) mass is 304 g/mol. The lowest BCUT2D eigenvalue weighted by atomic mass is 10.0. The molecule has 0 spiro atoms. The molecule has 2 nitrogen and oxygen atoms in total. The molecule has 1 fully saturated rings. The Morgan fingerprint density at radius 2 is 2.05 bits per heavy atom. The molecule has 0 saturated heterocycles. The average molecular weight is 305 g/mol. The van der Waals surface area contributed by atoms with Crippen LogP contribution in [0, 0.1) is 5.82 Å². The number of rotatable bonds is 5. The highest BCUT2D eigenvalue weighted by Crippen LogP contribution is 2.40. The van der Waals surface area contributed by atoms with Crippen molar-refractivity contribution in [3.63, 3.8) is 0 Å². The summed E-state index contributed by atoms with van der Waals surface area (Å²) in [7, 11) is 0. The normalized spacial score (nSPS) is 15.8. The number of hydrogen-bond acceptors (Lipinski definition) is 2. The van der Waals surface area contributed by atoms with Crippen LogP contribution >= 0.6 is 11.6 Å². The van der Waals surface area contributed by atoms with E-state index in [4.69, 9.17) is 17.3 Å². The first-order valence-electron chi connectivity index (χ1n) is 7.19. The molecule has 2 aromatic carbocycles. The summed E-state index contributed by atoms with van der Waals surface area (Å²) in [5, 5.41) is 3.74. The third-order valence-electron chi connectivity index (χ3n) is 3.86. The Balaban J connectivity index is 1.84. The van der Waals surface area contributed by atoms with E-state index in [0.29, 0.717) is 23.2 Å². The zero-order chi connectivity index (χ0) is 14.8. The SMILES string of the molecule is NCC(Nc1cc(F)ccc1Cl)c1cccc(C2CC2)c1. The highest BCUT2D eigenvalue weighted by atomic mass is 35.5. The van der Waals surface area contributed by atoms with Gasteiger partial charge in [-0.15, -0.1) is 0 Å². The van der Waals surface area contributed by atoms with E-state index < -0.39 is 0 Å². The van der Waals surface area contributed by atoms with E-state index in [9.17, 15) is 4.39 Å². The maximum atomic E-state index is 13.4. The summed E-state index contributed by atoms with van der Waals surface area (Å²) in [5.74, 6) is 0.380. The van der Waals surface area contributed by atoms with Crippen molar-refractivity contribution in [1.82, 2.24) is 0 Å². The molecular formula is C17H18ClFN2. The van der Waals surface area contributed by atoms with Gasteiger partial charge in [-0.25, -0.2) is 4.39 Å². The Labute approximate surface area is 129 Å². The van der Waals surface area contributed by atoms with Gasteiger partial charge in [0, 0.05) is 6.54 Å². The molecule has 21 heavy (non-hydrogen) atoms. The molecule has 0 bridgehead atoms. The van der Waals surface area contributed by atoms with E-state index >= 15 is 0 Å². The molecule has 0 radical (unpaired) electrons. The highest BCUT2D eigenvalue weighted by molar-refractivity contribution is 6.33. The third kappa shape index (κ3) is 3.36. The molecule has 3 N–H and O–H groups in total. The van der Waals surface area contributed by atoms with E-state index in [1.165, 1.54) is 30.5 Å². The van der Waals surface area contributed by atoms with Crippen LogP contribution in [-0.4, -0.2) is 6.54 Å².